The Morgan fingerprint density at radius 3 is 2.60 bits per heavy atom. The number of anilines is 2. The zero-order valence-electron chi connectivity index (χ0n) is 12.3. The van der Waals surface area contributed by atoms with Gasteiger partial charge in [-0.2, -0.15) is 0 Å². The Hall–Kier alpha value is -1.42. The van der Waals surface area contributed by atoms with Gasteiger partial charge in [0.1, 0.15) is 5.75 Å². The molecule has 1 saturated carbocycles. The summed E-state index contributed by atoms with van der Waals surface area (Å²) in [6, 6.07) is 5.67. The third kappa shape index (κ3) is 4.04. The van der Waals surface area contributed by atoms with Crippen LogP contribution in [0.15, 0.2) is 18.2 Å². The minimum atomic E-state index is -0.580. The molecule has 1 aromatic carbocycles. The van der Waals surface area contributed by atoms with Gasteiger partial charge in [0.25, 0.3) is 0 Å². The number of benzene rings is 1. The van der Waals surface area contributed by atoms with E-state index in [9.17, 15) is 5.11 Å². The highest BCUT2D eigenvalue weighted by Gasteiger charge is 2.27. The molecule has 1 aliphatic carbocycles. The Bertz CT molecular complexity index is 426. The highest BCUT2D eigenvalue weighted by Crippen LogP contribution is 2.29. The average Bonchev–Trinajstić information content (AvgIpc) is 2.65. The molecule has 1 aliphatic rings. The summed E-state index contributed by atoms with van der Waals surface area (Å²) in [6.07, 6.45) is 6.46. The molecule has 0 aromatic heterocycles. The summed E-state index contributed by atoms with van der Waals surface area (Å²) >= 11 is 0. The monoisotopic (exact) mass is 278 g/mol. The quantitative estimate of drug-likeness (QED) is 0.571. The first kappa shape index (κ1) is 15.0. The van der Waals surface area contributed by atoms with Gasteiger partial charge >= 0.3 is 0 Å². The third-order valence-corrected chi connectivity index (χ3v) is 3.97. The highest BCUT2D eigenvalue weighted by atomic mass is 16.5. The van der Waals surface area contributed by atoms with Crippen LogP contribution in [-0.4, -0.2) is 23.9 Å². The van der Waals surface area contributed by atoms with Crippen molar-refractivity contribution in [3.05, 3.63) is 18.2 Å². The molecule has 0 saturated heterocycles. The van der Waals surface area contributed by atoms with Gasteiger partial charge in [-0.1, -0.05) is 25.7 Å². The molecule has 4 N–H and O–H groups in total. The molecule has 1 fully saturated rings. The fourth-order valence-electron chi connectivity index (χ4n) is 2.75. The van der Waals surface area contributed by atoms with Gasteiger partial charge in [0, 0.05) is 18.3 Å². The first-order chi connectivity index (χ1) is 9.63. The maximum absolute atomic E-state index is 10.6. The Labute approximate surface area is 121 Å². The predicted molar refractivity (Wildman–Crippen MR) is 83.2 cm³/mol. The van der Waals surface area contributed by atoms with Crippen molar-refractivity contribution in [2.75, 3.05) is 24.2 Å². The summed E-state index contributed by atoms with van der Waals surface area (Å²) < 4.78 is 5.49. The van der Waals surface area contributed by atoms with E-state index in [2.05, 4.69) is 5.32 Å². The topological polar surface area (TPSA) is 67.5 Å². The van der Waals surface area contributed by atoms with Crippen molar-refractivity contribution >= 4 is 11.4 Å². The summed E-state index contributed by atoms with van der Waals surface area (Å²) in [6.45, 7) is 3.12. The molecule has 4 heteroatoms. The first-order valence-corrected chi connectivity index (χ1v) is 7.61. The number of nitrogens with one attached hydrogen (secondary N) is 1. The molecule has 4 nitrogen and oxygen atoms in total. The van der Waals surface area contributed by atoms with Gasteiger partial charge in [0.2, 0.25) is 0 Å². The van der Waals surface area contributed by atoms with E-state index in [0.29, 0.717) is 24.6 Å². The number of nitrogens with two attached hydrogens (primary N) is 1. The molecule has 2 rings (SSSR count). The second-order valence-electron chi connectivity index (χ2n) is 5.68. The number of hydrogen-bond donors (Lipinski definition) is 3. The van der Waals surface area contributed by atoms with E-state index in [-0.39, 0.29) is 0 Å². The van der Waals surface area contributed by atoms with Gasteiger partial charge in [0.05, 0.1) is 17.9 Å². The van der Waals surface area contributed by atoms with Crippen molar-refractivity contribution < 1.29 is 9.84 Å². The fourth-order valence-corrected chi connectivity index (χ4v) is 2.75. The molecule has 0 atom stereocenters. The van der Waals surface area contributed by atoms with Crippen molar-refractivity contribution in [2.45, 2.75) is 51.0 Å². The van der Waals surface area contributed by atoms with Crippen LogP contribution < -0.4 is 15.8 Å². The predicted octanol–water partition coefficient (Wildman–Crippen LogP) is 3.16. The molecule has 0 radical (unpaired) electrons. The van der Waals surface area contributed by atoms with Gasteiger partial charge in [-0.15, -0.1) is 0 Å². The van der Waals surface area contributed by atoms with E-state index in [4.69, 9.17) is 10.5 Å². The molecule has 20 heavy (non-hydrogen) atoms. The van der Waals surface area contributed by atoms with E-state index in [1.54, 1.807) is 0 Å². The zero-order valence-corrected chi connectivity index (χ0v) is 12.3. The lowest BCUT2D eigenvalue weighted by molar-refractivity contribution is 0.0381. The van der Waals surface area contributed by atoms with Crippen LogP contribution in [-0.2, 0) is 0 Å². The molecule has 0 unspecified atom stereocenters. The van der Waals surface area contributed by atoms with Crippen LogP contribution in [0.2, 0.25) is 0 Å². The summed E-state index contributed by atoms with van der Waals surface area (Å²) in [7, 11) is 0. The molecule has 0 bridgehead atoms. The van der Waals surface area contributed by atoms with Crippen LogP contribution in [0.5, 0.6) is 5.75 Å². The normalized spacial score (nSPS) is 18.3. The Morgan fingerprint density at radius 1 is 1.25 bits per heavy atom. The van der Waals surface area contributed by atoms with E-state index in [0.717, 1.165) is 31.4 Å². The highest BCUT2D eigenvalue weighted by molar-refractivity contribution is 5.61. The van der Waals surface area contributed by atoms with E-state index in [1.807, 2.05) is 25.1 Å². The standard InChI is InChI=1S/C16H26N2O2/c1-2-20-15-11-13(7-8-14(15)17)18-12-16(19)9-5-3-4-6-10-16/h7-8,11,18-19H,2-6,9-10,12,17H2,1H3. The van der Waals surface area contributed by atoms with Gasteiger partial charge < -0.3 is 20.9 Å². The van der Waals surface area contributed by atoms with Crippen molar-refractivity contribution in [1.82, 2.24) is 0 Å². The Morgan fingerprint density at radius 2 is 1.95 bits per heavy atom. The molecule has 0 spiro atoms. The summed E-state index contributed by atoms with van der Waals surface area (Å²) in [5.74, 6) is 0.699. The van der Waals surface area contributed by atoms with Crippen molar-refractivity contribution in [1.29, 1.82) is 0 Å². The van der Waals surface area contributed by atoms with Gasteiger partial charge in [-0.25, -0.2) is 0 Å². The minimum absolute atomic E-state index is 0.580. The van der Waals surface area contributed by atoms with Crippen molar-refractivity contribution in [2.24, 2.45) is 0 Å². The zero-order chi connectivity index (χ0) is 14.4. The van der Waals surface area contributed by atoms with Gasteiger partial charge in [-0.05, 0) is 31.9 Å². The summed E-state index contributed by atoms with van der Waals surface area (Å²) in [5, 5.41) is 13.9. The second-order valence-corrected chi connectivity index (χ2v) is 5.68. The van der Waals surface area contributed by atoms with Crippen molar-refractivity contribution in [3.8, 4) is 5.75 Å². The average molecular weight is 278 g/mol. The lowest BCUT2D eigenvalue weighted by Crippen LogP contribution is -2.36. The van der Waals surface area contributed by atoms with Crippen molar-refractivity contribution in [3.63, 3.8) is 0 Å². The summed E-state index contributed by atoms with van der Waals surface area (Å²) in [5.41, 5.74) is 6.87. The third-order valence-electron chi connectivity index (χ3n) is 3.97. The molecular formula is C16H26N2O2. The first-order valence-electron chi connectivity index (χ1n) is 7.61. The van der Waals surface area contributed by atoms with Crippen LogP contribution in [0.3, 0.4) is 0 Å². The number of aliphatic hydroxyl groups is 1. The molecule has 112 valence electrons. The fraction of sp³-hybridized carbons (Fsp3) is 0.625. The molecular weight excluding hydrogens is 252 g/mol. The number of ether oxygens (including phenoxy) is 1. The number of rotatable bonds is 5. The van der Waals surface area contributed by atoms with Crippen LogP contribution in [0.1, 0.15) is 45.4 Å². The summed E-state index contributed by atoms with van der Waals surface area (Å²) in [4.78, 5) is 0. The Kier molecular flexibility index (Phi) is 5.12. The maximum atomic E-state index is 10.6. The van der Waals surface area contributed by atoms with Crippen LogP contribution in [0.4, 0.5) is 11.4 Å². The molecule has 0 aliphatic heterocycles. The largest absolute Gasteiger partial charge is 0.492 e. The number of hydrogen-bond acceptors (Lipinski definition) is 4. The van der Waals surface area contributed by atoms with E-state index < -0.39 is 5.60 Å². The van der Waals surface area contributed by atoms with Gasteiger partial charge in [-0.3, -0.25) is 0 Å². The molecule has 0 heterocycles. The van der Waals surface area contributed by atoms with Crippen LogP contribution >= 0.6 is 0 Å². The SMILES string of the molecule is CCOc1cc(NCC2(O)CCCCCC2)ccc1N. The second kappa shape index (κ2) is 6.84. The lowest BCUT2D eigenvalue weighted by Gasteiger charge is -2.27. The van der Waals surface area contributed by atoms with E-state index >= 15 is 0 Å². The molecule has 1 aromatic rings. The van der Waals surface area contributed by atoms with Crippen LogP contribution in [0.25, 0.3) is 0 Å². The maximum Gasteiger partial charge on any atom is 0.144 e. The van der Waals surface area contributed by atoms with Crippen LogP contribution in [0, 0.1) is 0 Å². The smallest absolute Gasteiger partial charge is 0.144 e. The minimum Gasteiger partial charge on any atom is -0.492 e. The Balaban J connectivity index is 1.97. The van der Waals surface area contributed by atoms with Gasteiger partial charge in [0.15, 0.2) is 0 Å². The number of nitrogen functional groups attached to an aromatic ring is 1. The molecule has 0 amide bonds. The lowest BCUT2D eigenvalue weighted by atomic mass is 9.94. The van der Waals surface area contributed by atoms with E-state index in [1.165, 1.54) is 12.8 Å².